The van der Waals surface area contributed by atoms with Crippen LogP contribution < -0.4 is 5.84 Å². The summed E-state index contributed by atoms with van der Waals surface area (Å²) in [5.41, 5.74) is 0. The van der Waals surface area contributed by atoms with Crippen molar-refractivity contribution >= 4 is 12.7 Å². The van der Waals surface area contributed by atoms with Gasteiger partial charge in [0.25, 0.3) is 0 Å². The third-order valence-electron chi connectivity index (χ3n) is 1.39. The van der Waals surface area contributed by atoms with Gasteiger partial charge >= 0.3 is 5.82 Å². The molecule has 2 aliphatic heterocycles. The second-order valence-electron chi connectivity index (χ2n) is 2.07. The van der Waals surface area contributed by atoms with E-state index in [-0.39, 0.29) is 4.70 Å². The number of nitrogens with two attached hydrogens (primary N) is 1. The van der Waals surface area contributed by atoms with Crippen LogP contribution in [0.1, 0.15) is 0 Å². The van der Waals surface area contributed by atoms with Crippen LogP contribution in [0.15, 0.2) is 22.1 Å². The van der Waals surface area contributed by atoms with Crippen LogP contribution in [0.25, 0.3) is 0 Å². The minimum absolute atomic E-state index is 0.281. The van der Waals surface area contributed by atoms with Gasteiger partial charge in [0, 0.05) is 0 Å². The number of nitrogens with zero attached hydrogens (tertiary/aromatic N) is 4. The first-order valence-electron chi connectivity index (χ1n) is 2.69. The number of rotatable bonds is 0. The highest BCUT2D eigenvalue weighted by Gasteiger charge is 2.40. The largest absolute Gasteiger partial charge is 0.305 e. The highest BCUT2D eigenvalue weighted by molar-refractivity contribution is 5.63. The molecule has 3 N–H and O–H groups in total. The lowest BCUT2D eigenvalue weighted by molar-refractivity contribution is -0.816. The Morgan fingerprint density at radius 1 is 1.70 bits per heavy atom. The molecule has 0 bridgehead atoms. The summed E-state index contributed by atoms with van der Waals surface area (Å²) in [6.07, 6.45) is 4.10. The van der Waals surface area contributed by atoms with E-state index in [9.17, 15) is 0 Å². The molecule has 0 aromatic heterocycles. The first kappa shape index (κ1) is 5.54. The van der Waals surface area contributed by atoms with Crippen molar-refractivity contribution in [3.05, 3.63) is 12.0 Å². The van der Waals surface area contributed by atoms with Crippen LogP contribution in [0.4, 0.5) is 0 Å². The summed E-state index contributed by atoms with van der Waals surface area (Å²) >= 11 is 0. The molecule has 10 heavy (non-hydrogen) atoms. The lowest BCUT2D eigenvalue weighted by atomic mass is 10.7. The van der Waals surface area contributed by atoms with Gasteiger partial charge in [-0.3, -0.25) is 5.21 Å². The molecule has 0 aromatic rings. The summed E-state index contributed by atoms with van der Waals surface area (Å²) in [7, 11) is 0. The lowest BCUT2D eigenvalue weighted by Crippen LogP contribution is -2.45. The van der Waals surface area contributed by atoms with E-state index in [4.69, 9.17) is 11.0 Å². The topological polar surface area (TPSA) is 74.2 Å². The fraction of sp³-hybridized carbons (Fsp3) is 0. The van der Waals surface area contributed by atoms with E-state index >= 15 is 0 Å². The number of hydrogen-bond donors (Lipinski definition) is 2. The molecule has 0 amide bonds. The average molecular weight is 140 g/mol. The fourth-order valence-corrected chi connectivity index (χ4v) is 0.859. The van der Waals surface area contributed by atoms with Gasteiger partial charge in [-0.1, -0.05) is 0 Å². The molecule has 6 heteroatoms. The summed E-state index contributed by atoms with van der Waals surface area (Å²) in [5, 5.41) is 13.6. The predicted octanol–water partition coefficient (Wildman–Crippen LogP) is -0.834. The van der Waals surface area contributed by atoms with Gasteiger partial charge in [-0.15, -0.1) is 5.84 Å². The third-order valence-corrected chi connectivity index (χ3v) is 1.39. The van der Waals surface area contributed by atoms with Crippen molar-refractivity contribution in [1.29, 1.82) is 0 Å². The van der Waals surface area contributed by atoms with E-state index in [2.05, 4.69) is 10.1 Å². The van der Waals surface area contributed by atoms with Gasteiger partial charge in [0.1, 0.15) is 6.20 Å². The predicted molar refractivity (Wildman–Crippen MR) is 33.1 cm³/mol. The van der Waals surface area contributed by atoms with Crippen molar-refractivity contribution in [1.82, 2.24) is 5.06 Å². The molecule has 52 valence electrons. The zero-order chi connectivity index (χ0) is 7.19. The van der Waals surface area contributed by atoms with Gasteiger partial charge in [-0.25, -0.2) is 0 Å². The molecule has 2 rings (SSSR count). The van der Waals surface area contributed by atoms with Gasteiger partial charge in [0.15, 0.2) is 6.34 Å². The maximum absolute atomic E-state index is 9.00. The zero-order valence-electron chi connectivity index (χ0n) is 5.05. The van der Waals surface area contributed by atoms with Crippen molar-refractivity contribution < 1.29 is 9.91 Å². The van der Waals surface area contributed by atoms with Gasteiger partial charge in [0.2, 0.25) is 6.34 Å². The molecule has 0 spiro atoms. The Labute approximate surface area is 56.7 Å². The van der Waals surface area contributed by atoms with Crippen molar-refractivity contribution in [2.75, 3.05) is 0 Å². The van der Waals surface area contributed by atoms with Crippen LogP contribution in [0.5, 0.6) is 0 Å². The minimum atomic E-state index is -0.281. The Balaban J connectivity index is 2.47. The fourth-order valence-electron chi connectivity index (χ4n) is 0.859. The summed E-state index contributed by atoms with van der Waals surface area (Å²) in [6.45, 7) is 0. The molecule has 6 nitrogen and oxygen atoms in total. The highest BCUT2D eigenvalue weighted by atomic mass is 16.5. The molecule has 0 aliphatic carbocycles. The van der Waals surface area contributed by atoms with Gasteiger partial charge < -0.3 is 0 Å². The summed E-state index contributed by atoms with van der Waals surface area (Å²) in [6, 6.07) is 0. The summed E-state index contributed by atoms with van der Waals surface area (Å²) in [5.74, 6) is 6.01. The number of fused-ring (bicyclic) bond motifs is 1. The van der Waals surface area contributed by atoms with Crippen molar-refractivity contribution in [3.63, 3.8) is 0 Å². The molecular formula is C4H6N5O+. The van der Waals surface area contributed by atoms with Gasteiger partial charge in [-0.05, 0) is 9.80 Å². The molecule has 2 heterocycles. The molecule has 1 atom stereocenters. The maximum atomic E-state index is 9.00. The Morgan fingerprint density at radius 2 is 2.50 bits per heavy atom. The first-order chi connectivity index (χ1) is 4.72. The molecule has 2 aliphatic rings. The molecule has 0 fully saturated rings. The Kier molecular flexibility index (Phi) is 0.791. The molecule has 0 saturated heterocycles. The van der Waals surface area contributed by atoms with Crippen LogP contribution >= 0.6 is 0 Å². The highest BCUT2D eigenvalue weighted by Crippen LogP contribution is 2.21. The Hall–Kier alpha value is -1.24. The first-order valence-corrected chi connectivity index (χ1v) is 2.69. The van der Waals surface area contributed by atoms with Crippen LogP contribution in [0, 0.1) is 0 Å². The van der Waals surface area contributed by atoms with E-state index in [1.807, 2.05) is 0 Å². The maximum Gasteiger partial charge on any atom is 0.305 e. The molecule has 0 aromatic carbocycles. The lowest BCUT2D eigenvalue weighted by Gasteiger charge is -2.12. The Bertz CT molecular complexity index is 256. The monoisotopic (exact) mass is 140 g/mol. The summed E-state index contributed by atoms with van der Waals surface area (Å²) in [4.78, 5) is 3.73. The van der Waals surface area contributed by atoms with E-state index in [1.54, 1.807) is 0 Å². The van der Waals surface area contributed by atoms with Crippen LogP contribution in [0.2, 0.25) is 0 Å². The second kappa shape index (κ2) is 1.43. The second-order valence-corrected chi connectivity index (χ2v) is 2.07. The van der Waals surface area contributed by atoms with Crippen molar-refractivity contribution in [2.45, 2.75) is 0 Å². The van der Waals surface area contributed by atoms with Crippen molar-refractivity contribution in [3.8, 4) is 0 Å². The Morgan fingerprint density at radius 3 is 3.20 bits per heavy atom. The van der Waals surface area contributed by atoms with Crippen LogP contribution in [-0.4, -0.2) is 27.6 Å². The third kappa shape index (κ3) is 0.474. The molecule has 0 saturated carbocycles. The van der Waals surface area contributed by atoms with Gasteiger partial charge in [0.05, 0.1) is 0 Å². The van der Waals surface area contributed by atoms with E-state index in [0.717, 1.165) is 5.06 Å². The number of aliphatic imine (C=N–C) groups is 1. The van der Waals surface area contributed by atoms with Crippen LogP contribution in [-0.2, 0) is 0 Å². The average Bonchev–Trinajstić information content (AvgIpc) is 2.35. The summed E-state index contributed by atoms with van der Waals surface area (Å²) < 4.78 is -0.281. The quantitative estimate of drug-likeness (QED) is 0.340. The number of quaternary nitrogens is 1. The molecule has 1 unspecified atom stereocenters. The normalized spacial score (nSPS) is 35.0. The van der Waals surface area contributed by atoms with E-state index < -0.39 is 0 Å². The van der Waals surface area contributed by atoms with E-state index in [0.29, 0.717) is 5.82 Å². The minimum Gasteiger partial charge on any atom is -0.278 e. The SMILES string of the molecule is N[N+]12C=NC=C1N(O)C=N2. The number of hydrogen-bond acceptors (Lipinski definition) is 5. The molecule has 0 radical (unpaired) electrons. The van der Waals surface area contributed by atoms with Crippen LogP contribution in [0.3, 0.4) is 0 Å². The standard InChI is InChI=1S/C4H6N5O/c5-9-3-6-1-4(9)8(10)2-7-9/h1-3,10H,5H2/q+1. The zero-order valence-corrected chi connectivity index (χ0v) is 5.05. The van der Waals surface area contributed by atoms with Crippen molar-refractivity contribution in [2.24, 2.45) is 15.9 Å². The van der Waals surface area contributed by atoms with E-state index in [1.165, 1.54) is 18.9 Å². The smallest absolute Gasteiger partial charge is 0.278 e. The molecular weight excluding hydrogens is 134 g/mol. The van der Waals surface area contributed by atoms with Gasteiger partial charge in [-0.2, -0.15) is 10.1 Å². The number of hydroxylamine groups is 2.